The molecule has 0 aliphatic carbocycles. The van der Waals surface area contributed by atoms with Crippen LogP contribution in [-0.4, -0.2) is 40.8 Å². The zero-order chi connectivity index (χ0) is 15.9. The van der Waals surface area contributed by atoms with E-state index < -0.39 is 10.0 Å². The molecule has 117 valence electrons. The zero-order valence-corrected chi connectivity index (χ0v) is 13.2. The van der Waals surface area contributed by atoms with Crippen molar-refractivity contribution in [3.8, 4) is 11.1 Å². The lowest BCUT2D eigenvalue weighted by atomic mass is 10.1. The van der Waals surface area contributed by atoms with Crippen LogP contribution in [0, 0.1) is 6.33 Å². The summed E-state index contributed by atoms with van der Waals surface area (Å²) in [6.45, 7) is 1.22. The zero-order valence-electron chi connectivity index (χ0n) is 12.4. The van der Waals surface area contributed by atoms with Gasteiger partial charge in [0.15, 0.2) is 12.0 Å². The molecule has 4 rings (SSSR count). The van der Waals surface area contributed by atoms with Crippen LogP contribution in [0.3, 0.4) is 0 Å². The largest absolute Gasteiger partial charge is 0.320 e. The molecule has 0 spiro atoms. The first-order valence-corrected chi connectivity index (χ1v) is 8.91. The minimum absolute atomic E-state index is 0.338. The predicted molar refractivity (Wildman–Crippen MR) is 86.2 cm³/mol. The molecule has 3 aromatic rings. The molecule has 6 nitrogen and oxygen atoms in total. The van der Waals surface area contributed by atoms with Crippen LogP contribution in [0.15, 0.2) is 41.4 Å². The fourth-order valence-electron chi connectivity index (χ4n) is 2.83. The molecule has 1 saturated heterocycles. The smallest absolute Gasteiger partial charge is 0.243 e. The summed E-state index contributed by atoms with van der Waals surface area (Å²) in [6, 6.07) is 8.83. The van der Waals surface area contributed by atoms with Crippen molar-refractivity contribution in [1.82, 2.24) is 19.3 Å². The lowest BCUT2D eigenvalue weighted by Gasteiger charge is -2.15. The maximum atomic E-state index is 12.5. The number of rotatable bonds is 3. The van der Waals surface area contributed by atoms with Crippen LogP contribution in [0.4, 0.5) is 0 Å². The highest BCUT2D eigenvalue weighted by atomic mass is 32.2. The monoisotopic (exact) mass is 327 g/mol. The van der Waals surface area contributed by atoms with Gasteiger partial charge in [-0.2, -0.15) is 4.31 Å². The average Bonchev–Trinajstić information content (AvgIpc) is 3.26. The van der Waals surface area contributed by atoms with E-state index in [4.69, 9.17) is 0 Å². The Bertz CT molecular complexity index is 942. The number of aromatic nitrogens is 3. The van der Waals surface area contributed by atoms with Crippen LogP contribution < -0.4 is 0 Å². The van der Waals surface area contributed by atoms with Crippen molar-refractivity contribution in [3.05, 3.63) is 42.9 Å². The molecule has 0 unspecified atom stereocenters. The van der Waals surface area contributed by atoms with Gasteiger partial charge in [-0.25, -0.2) is 18.4 Å². The summed E-state index contributed by atoms with van der Waals surface area (Å²) in [5, 5.41) is 0. The van der Waals surface area contributed by atoms with Crippen molar-refractivity contribution in [2.75, 3.05) is 13.1 Å². The van der Waals surface area contributed by atoms with E-state index in [1.165, 1.54) is 0 Å². The number of sulfonamides is 1. The van der Waals surface area contributed by atoms with E-state index in [1.807, 2.05) is 18.2 Å². The maximum Gasteiger partial charge on any atom is 0.243 e. The second-order valence-electron chi connectivity index (χ2n) is 5.58. The third kappa shape index (κ3) is 2.51. The molecule has 3 heterocycles. The molecule has 23 heavy (non-hydrogen) atoms. The van der Waals surface area contributed by atoms with Gasteiger partial charge < -0.3 is 4.98 Å². The fraction of sp³-hybridized carbons (Fsp3) is 0.250. The Hall–Kier alpha value is -2.25. The Morgan fingerprint density at radius 1 is 1.09 bits per heavy atom. The van der Waals surface area contributed by atoms with Gasteiger partial charge in [0, 0.05) is 24.8 Å². The Labute approximate surface area is 134 Å². The third-order valence-corrected chi connectivity index (χ3v) is 6.02. The summed E-state index contributed by atoms with van der Waals surface area (Å²) < 4.78 is 26.6. The molecule has 0 atom stereocenters. The fourth-order valence-corrected chi connectivity index (χ4v) is 4.35. The van der Waals surface area contributed by atoms with Crippen LogP contribution in [0.1, 0.15) is 12.8 Å². The molecular formula is C16H15N4O2S. The van der Waals surface area contributed by atoms with Crippen LogP contribution in [0.5, 0.6) is 0 Å². The van der Waals surface area contributed by atoms with E-state index in [1.54, 1.807) is 22.6 Å². The normalized spacial score (nSPS) is 16.2. The summed E-state index contributed by atoms with van der Waals surface area (Å²) in [5.74, 6) is 0. The number of pyridine rings is 1. The Balaban J connectivity index is 1.67. The van der Waals surface area contributed by atoms with E-state index in [9.17, 15) is 8.42 Å². The topological polar surface area (TPSA) is 79.0 Å². The summed E-state index contributed by atoms with van der Waals surface area (Å²) in [5.41, 5.74) is 3.21. The van der Waals surface area contributed by atoms with Crippen molar-refractivity contribution in [2.45, 2.75) is 17.7 Å². The van der Waals surface area contributed by atoms with Gasteiger partial charge in [0.05, 0.1) is 4.90 Å². The Kier molecular flexibility index (Phi) is 3.39. The van der Waals surface area contributed by atoms with Gasteiger partial charge in [0.25, 0.3) is 0 Å². The van der Waals surface area contributed by atoms with E-state index in [2.05, 4.69) is 21.3 Å². The number of nitrogens with zero attached hydrogens (tertiary/aromatic N) is 3. The standard InChI is InChI=1S/C16H15N4O2S/c21-23(22,20-7-1-2-8-20)14-5-3-12(4-6-14)13-9-15-16(17-10-13)19-11-18-15/h3-6,9-10H,1-2,7-8H2,(H,17,18,19). The van der Waals surface area contributed by atoms with Gasteiger partial charge in [-0.3, -0.25) is 0 Å². The van der Waals surface area contributed by atoms with Crippen molar-refractivity contribution < 1.29 is 8.42 Å². The number of nitrogens with one attached hydrogen (secondary N) is 1. The van der Waals surface area contributed by atoms with Gasteiger partial charge in [-0.1, -0.05) is 12.1 Å². The Morgan fingerprint density at radius 3 is 2.57 bits per heavy atom. The molecule has 1 aliphatic heterocycles. The number of imidazole rings is 1. The van der Waals surface area contributed by atoms with E-state index in [-0.39, 0.29) is 0 Å². The van der Waals surface area contributed by atoms with E-state index in [0.717, 1.165) is 29.5 Å². The lowest BCUT2D eigenvalue weighted by Crippen LogP contribution is -2.27. The number of aromatic amines is 1. The molecule has 0 amide bonds. The number of fused-ring (bicyclic) bond motifs is 1. The minimum Gasteiger partial charge on any atom is -0.320 e. The first kappa shape index (κ1) is 14.3. The first-order chi connectivity index (χ1) is 11.1. The van der Waals surface area contributed by atoms with Crippen LogP contribution in [-0.2, 0) is 10.0 Å². The summed E-state index contributed by atoms with van der Waals surface area (Å²) >= 11 is 0. The third-order valence-electron chi connectivity index (χ3n) is 4.11. The Morgan fingerprint density at radius 2 is 1.83 bits per heavy atom. The number of benzene rings is 1. The molecule has 0 saturated carbocycles. The highest BCUT2D eigenvalue weighted by Gasteiger charge is 2.26. The quantitative estimate of drug-likeness (QED) is 0.800. The highest BCUT2D eigenvalue weighted by molar-refractivity contribution is 7.89. The second kappa shape index (κ2) is 5.43. The van der Waals surface area contributed by atoms with Gasteiger partial charge in [-0.15, -0.1) is 0 Å². The van der Waals surface area contributed by atoms with Gasteiger partial charge >= 0.3 is 0 Å². The van der Waals surface area contributed by atoms with E-state index in [0.29, 0.717) is 23.6 Å². The first-order valence-electron chi connectivity index (χ1n) is 7.47. The summed E-state index contributed by atoms with van der Waals surface area (Å²) in [7, 11) is -3.37. The van der Waals surface area contributed by atoms with Gasteiger partial charge in [0.1, 0.15) is 5.52 Å². The molecule has 1 aromatic carbocycles. The van der Waals surface area contributed by atoms with Crippen LogP contribution in [0.2, 0.25) is 0 Å². The molecule has 0 bridgehead atoms. The minimum atomic E-state index is -3.37. The van der Waals surface area contributed by atoms with Crippen LogP contribution in [0.25, 0.3) is 22.3 Å². The lowest BCUT2D eigenvalue weighted by molar-refractivity contribution is 0.477. The molecular weight excluding hydrogens is 312 g/mol. The van der Waals surface area contributed by atoms with Crippen molar-refractivity contribution in [2.24, 2.45) is 0 Å². The molecule has 1 aliphatic rings. The number of hydrogen-bond acceptors (Lipinski definition) is 4. The maximum absolute atomic E-state index is 12.5. The summed E-state index contributed by atoms with van der Waals surface area (Å²) in [4.78, 5) is 11.5. The van der Waals surface area contributed by atoms with E-state index >= 15 is 0 Å². The molecule has 7 heteroatoms. The number of H-pyrrole nitrogens is 1. The SMILES string of the molecule is O=S(=O)(c1ccc(-c2cnc3[nH][c]nc3c2)cc1)N1CCCC1. The number of hydrogen-bond donors (Lipinski definition) is 1. The molecule has 1 fully saturated rings. The average molecular weight is 327 g/mol. The molecule has 1 N–H and O–H groups in total. The summed E-state index contributed by atoms with van der Waals surface area (Å²) in [6.07, 6.45) is 6.26. The highest BCUT2D eigenvalue weighted by Crippen LogP contribution is 2.25. The van der Waals surface area contributed by atoms with Crippen molar-refractivity contribution in [3.63, 3.8) is 0 Å². The van der Waals surface area contributed by atoms with Gasteiger partial charge in [0.2, 0.25) is 10.0 Å². The van der Waals surface area contributed by atoms with Crippen molar-refractivity contribution in [1.29, 1.82) is 0 Å². The predicted octanol–water partition coefficient (Wildman–Crippen LogP) is 2.21. The van der Waals surface area contributed by atoms with Gasteiger partial charge in [-0.05, 0) is 36.6 Å². The molecule has 2 aromatic heterocycles. The second-order valence-corrected chi connectivity index (χ2v) is 7.51. The molecule has 1 radical (unpaired) electrons. The van der Waals surface area contributed by atoms with Crippen molar-refractivity contribution >= 4 is 21.2 Å². The van der Waals surface area contributed by atoms with Crippen LogP contribution >= 0.6 is 0 Å².